The normalized spacial score (nSPS) is 11.3. The second-order valence-electron chi connectivity index (χ2n) is 7.53. The van der Waals surface area contributed by atoms with Crippen LogP contribution in [-0.2, 0) is 0 Å². The zero-order valence-corrected chi connectivity index (χ0v) is 17.7. The van der Waals surface area contributed by atoms with Crippen LogP contribution in [0, 0.1) is 0 Å². The van der Waals surface area contributed by atoms with Gasteiger partial charge in [-0.05, 0) is 18.2 Å². The zero-order chi connectivity index (χ0) is 21.5. The van der Waals surface area contributed by atoms with Crippen molar-refractivity contribution >= 4 is 33.4 Å². The maximum Gasteiger partial charge on any atom is 0.255 e. The molecule has 6 aromatic rings. The molecule has 0 N–H and O–H groups in total. The smallest absolute Gasteiger partial charge is 0.255 e. The van der Waals surface area contributed by atoms with Crippen molar-refractivity contribution in [3.8, 4) is 28.5 Å². The van der Waals surface area contributed by atoms with E-state index in [1.54, 1.807) is 0 Å². The van der Waals surface area contributed by atoms with Gasteiger partial charge in [-0.25, -0.2) is 4.98 Å². The van der Waals surface area contributed by atoms with Crippen LogP contribution in [-0.4, -0.2) is 19.7 Å². The summed E-state index contributed by atoms with van der Waals surface area (Å²) >= 11 is 6.60. The topological polar surface area (TPSA) is 43.6 Å². The average molecular weight is 433 g/mol. The van der Waals surface area contributed by atoms with E-state index in [1.807, 2.05) is 95.6 Å². The standard InChI is InChI=1S/C27H17ClN4/c28-21-15-9-17-23-24(21)20-14-7-8-16-22(20)32(23)27-29-25(18-10-3-1-4-11-18)26(30-31-27)19-12-5-2-6-13-19/h1-17H. The van der Waals surface area contributed by atoms with Gasteiger partial charge in [0.1, 0.15) is 11.4 Å². The van der Waals surface area contributed by atoms with Gasteiger partial charge in [0.05, 0.1) is 16.1 Å². The molecule has 4 nitrogen and oxygen atoms in total. The molecule has 0 radical (unpaired) electrons. The molecule has 0 saturated carbocycles. The summed E-state index contributed by atoms with van der Waals surface area (Å²) in [5, 5.41) is 12.0. The van der Waals surface area contributed by atoms with E-state index in [1.165, 1.54) is 0 Å². The van der Waals surface area contributed by atoms with E-state index in [2.05, 4.69) is 22.3 Å². The van der Waals surface area contributed by atoms with Gasteiger partial charge < -0.3 is 0 Å². The maximum absolute atomic E-state index is 6.60. The lowest BCUT2D eigenvalue weighted by Crippen LogP contribution is -2.06. The summed E-state index contributed by atoms with van der Waals surface area (Å²) < 4.78 is 2.03. The second kappa shape index (κ2) is 7.59. The largest absolute Gasteiger partial charge is 0.277 e. The number of aromatic nitrogens is 4. The quantitative estimate of drug-likeness (QED) is 0.303. The Hall–Kier alpha value is -4.02. The maximum atomic E-state index is 6.60. The average Bonchev–Trinajstić information content (AvgIpc) is 3.20. The van der Waals surface area contributed by atoms with Crippen LogP contribution >= 0.6 is 11.6 Å². The highest BCUT2D eigenvalue weighted by Gasteiger charge is 2.19. The molecule has 2 aromatic heterocycles. The van der Waals surface area contributed by atoms with Gasteiger partial charge in [-0.1, -0.05) is 96.5 Å². The fraction of sp³-hybridized carbons (Fsp3) is 0. The van der Waals surface area contributed by atoms with Crippen molar-refractivity contribution in [2.45, 2.75) is 0 Å². The lowest BCUT2D eigenvalue weighted by Gasteiger charge is -2.11. The third-order valence-corrected chi connectivity index (χ3v) is 5.93. The highest BCUT2D eigenvalue weighted by Crippen LogP contribution is 2.36. The van der Waals surface area contributed by atoms with Gasteiger partial charge in [-0.15, -0.1) is 10.2 Å². The number of nitrogens with zero attached hydrogens (tertiary/aromatic N) is 4. The Labute approximate surface area is 189 Å². The van der Waals surface area contributed by atoms with Gasteiger partial charge in [0.2, 0.25) is 0 Å². The molecule has 5 heteroatoms. The zero-order valence-electron chi connectivity index (χ0n) is 17.0. The third kappa shape index (κ3) is 2.96. The van der Waals surface area contributed by atoms with Crippen LogP contribution in [0.15, 0.2) is 103 Å². The van der Waals surface area contributed by atoms with E-state index in [9.17, 15) is 0 Å². The first kappa shape index (κ1) is 18.7. The van der Waals surface area contributed by atoms with Gasteiger partial charge in [0.15, 0.2) is 0 Å². The highest BCUT2D eigenvalue weighted by atomic mass is 35.5. The molecular formula is C27H17ClN4. The van der Waals surface area contributed by atoms with Crippen LogP contribution in [0.25, 0.3) is 50.3 Å². The van der Waals surface area contributed by atoms with Crippen molar-refractivity contribution in [2.75, 3.05) is 0 Å². The molecule has 0 aliphatic carbocycles. The van der Waals surface area contributed by atoms with E-state index in [0.29, 0.717) is 11.0 Å². The Bertz CT molecular complexity index is 1570. The Kier molecular flexibility index (Phi) is 4.44. The lowest BCUT2D eigenvalue weighted by atomic mass is 10.0. The summed E-state index contributed by atoms with van der Waals surface area (Å²) in [4.78, 5) is 5.04. The van der Waals surface area contributed by atoms with Gasteiger partial charge in [-0.3, -0.25) is 4.57 Å². The van der Waals surface area contributed by atoms with E-state index in [0.717, 1.165) is 44.3 Å². The molecule has 0 fully saturated rings. The summed E-state index contributed by atoms with van der Waals surface area (Å²) in [5.41, 5.74) is 5.44. The molecule has 0 amide bonds. The monoisotopic (exact) mass is 432 g/mol. The molecule has 152 valence electrons. The Morgan fingerprint density at radius 3 is 1.94 bits per heavy atom. The van der Waals surface area contributed by atoms with Crippen molar-refractivity contribution in [1.82, 2.24) is 19.7 Å². The van der Waals surface area contributed by atoms with Crippen LogP contribution < -0.4 is 0 Å². The second-order valence-corrected chi connectivity index (χ2v) is 7.93. The first-order valence-corrected chi connectivity index (χ1v) is 10.7. The molecule has 0 atom stereocenters. The number of rotatable bonds is 3. The summed E-state index contributed by atoms with van der Waals surface area (Å²) in [5.74, 6) is 0.511. The summed E-state index contributed by atoms with van der Waals surface area (Å²) in [7, 11) is 0. The fourth-order valence-corrected chi connectivity index (χ4v) is 4.46. The summed E-state index contributed by atoms with van der Waals surface area (Å²) in [6.45, 7) is 0. The summed E-state index contributed by atoms with van der Waals surface area (Å²) in [6.07, 6.45) is 0. The SMILES string of the molecule is Clc1cccc2c1c1ccccc1n2-c1nnc(-c2ccccc2)c(-c2ccccc2)n1. The molecule has 0 saturated heterocycles. The van der Waals surface area contributed by atoms with Crippen LogP contribution in [0.3, 0.4) is 0 Å². The number of benzene rings is 4. The van der Waals surface area contributed by atoms with Crippen LogP contribution in [0.5, 0.6) is 0 Å². The minimum absolute atomic E-state index is 0.511. The first-order valence-electron chi connectivity index (χ1n) is 10.3. The molecule has 4 aromatic carbocycles. The third-order valence-electron chi connectivity index (χ3n) is 5.62. The Morgan fingerprint density at radius 1 is 0.562 bits per heavy atom. The van der Waals surface area contributed by atoms with Crippen molar-refractivity contribution in [2.24, 2.45) is 0 Å². The number of para-hydroxylation sites is 1. The Balaban J connectivity index is 1.68. The number of fused-ring (bicyclic) bond motifs is 3. The van der Waals surface area contributed by atoms with Crippen molar-refractivity contribution < 1.29 is 0 Å². The van der Waals surface area contributed by atoms with Gasteiger partial charge in [0.25, 0.3) is 5.95 Å². The summed E-state index contributed by atoms with van der Waals surface area (Å²) in [6, 6.07) is 34.2. The molecule has 32 heavy (non-hydrogen) atoms. The lowest BCUT2D eigenvalue weighted by molar-refractivity contribution is 0.897. The number of hydrogen-bond acceptors (Lipinski definition) is 3. The minimum Gasteiger partial charge on any atom is -0.277 e. The molecule has 6 rings (SSSR count). The van der Waals surface area contributed by atoms with Crippen LogP contribution in [0.1, 0.15) is 0 Å². The Morgan fingerprint density at radius 2 is 1.19 bits per heavy atom. The predicted octanol–water partition coefficient (Wildman–Crippen LogP) is 6.96. The van der Waals surface area contributed by atoms with Crippen LogP contribution in [0.2, 0.25) is 5.02 Å². The number of hydrogen-bond donors (Lipinski definition) is 0. The van der Waals surface area contributed by atoms with Crippen molar-refractivity contribution in [3.63, 3.8) is 0 Å². The van der Waals surface area contributed by atoms with E-state index >= 15 is 0 Å². The van der Waals surface area contributed by atoms with Crippen molar-refractivity contribution in [3.05, 3.63) is 108 Å². The van der Waals surface area contributed by atoms with Gasteiger partial charge in [-0.2, -0.15) is 0 Å². The van der Waals surface area contributed by atoms with Crippen molar-refractivity contribution in [1.29, 1.82) is 0 Å². The molecular weight excluding hydrogens is 416 g/mol. The predicted molar refractivity (Wildman–Crippen MR) is 130 cm³/mol. The highest BCUT2D eigenvalue weighted by molar-refractivity contribution is 6.38. The molecule has 0 aliphatic rings. The number of halogens is 1. The molecule has 0 bridgehead atoms. The molecule has 0 spiro atoms. The van der Waals surface area contributed by atoms with E-state index in [4.69, 9.17) is 16.6 Å². The minimum atomic E-state index is 0.511. The molecule has 2 heterocycles. The molecule has 0 aliphatic heterocycles. The first-order chi connectivity index (χ1) is 15.8. The fourth-order valence-electron chi connectivity index (χ4n) is 4.19. The van der Waals surface area contributed by atoms with Gasteiger partial charge in [0, 0.05) is 21.9 Å². The van der Waals surface area contributed by atoms with E-state index < -0.39 is 0 Å². The molecule has 0 unspecified atom stereocenters. The van der Waals surface area contributed by atoms with Gasteiger partial charge >= 0.3 is 0 Å². The van der Waals surface area contributed by atoms with Crippen LogP contribution in [0.4, 0.5) is 0 Å². The van der Waals surface area contributed by atoms with E-state index in [-0.39, 0.29) is 0 Å².